The summed E-state index contributed by atoms with van der Waals surface area (Å²) in [6.07, 6.45) is 5.61. The molecule has 5 nitrogen and oxygen atoms in total. The number of anilines is 1. The maximum Gasteiger partial charge on any atom is 0.237 e. The van der Waals surface area contributed by atoms with Gasteiger partial charge in [0.2, 0.25) is 11.8 Å². The Morgan fingerprint density at radius 2 is 1.93 bits per heavy atom. The predicted molar refractivity (Wildman–Crippen MR) is 106 cm³/mol. The molecule has 27 heavy (non-hydrogen) atoms. The van der Waals surface area contributed by atoms with Crippen LogP contribution in [0.5, 0.6) is 11.6 Å². The van der Waals surface area contributed by atoms with Crippen LogP contribution in [0.3, 0.4) is 0 Å². The maximum absolute atomic E-state index is 13.0. The van der Waals surface area contributed by atoms with Gasteiger partial charge in [-0.3, -0.25) is 9.78 Å². The number of nitrogens with zero attached hydrogens (tertiary/aromatic N) is 2. The number of hydrogen-bond donors (Lipinski definition) is 1. The van der Waals surface area contributed by atoms with Gasteiger partial charge < -0.3 is 10.1 Å². The highest BCUT2D eigenvalue weighted by molar-refractivity contribution is 5.96. The van der Waals surface area contributed by atoms with Gasteiger partial charge in [-0.2, -0.15) is 0 Å². The van der Waals surface area contributed by atoms with Crippen LogP contribution in [0.25, 0.3) is 0 Å². The minimum atomic E-state index is -0.208. The average molecular weight is 361 g/mol. The molecule has 0 saturated heterocycles. The van der Waals surface area contributed by atoms with Crippen molar-refractivity contribution in [3.63, 3.8) is 0 Å². The largest absolute Gasteiger partial charge is 0.437 e. The lowest BCUT2D eigenvalue weighted by molar-refractivity contribution is -0.118. The molecule has 0 aliphatic carbocycles. The topological polar surface area (TPSA) is 64.1 Å². The Morgan fingerprint density at radius 3 is 2.63 bits per heavy atom. The van der Waals surface area contributed by atoms with E-state index in [1.807, 2.05) is 48.5 Å². The summed E-state index contributed by atoms with van der Waals surface area (Å²) < 4.78 is 5.69. The number of rotatable bonds is 7. The third-order valence-electron chi connectivity index (χ3n) is 4.52. The lowest BCUT2D eigenvalue weighted by atomic mass is 9.85. The normalized spacial score (nSPS) is 12.8. The van der Waals surface area contributed by atoms with Gasteiger partial charge in [0.15, 0.2) is 0 Å². The van der Waals surface area contributed by atoms with Gasteiger partial charge in [0.05, 0.1) is 12.1 Å². The quantitative estimate of drug-likeness (QED) is 0.640. The third-order valence-corrected chi connectivity index (χ3v) is 4.52. The zero-order valence-corrected chi connectivity index (χ0v) is 15.5. The van der Waals surface area contributed by atoms with Crippen LogP contribution in [0.2, 0.25) is 0 Å². The molecule has 0 radical (unpaired) electrons. The molecule has 0 fully saturated rings. The molecule has 2 atom stereocenters. The molecule has 1 amide bonds. The number of ether oxygens (including phenoxy) is 1. The molecule has 138 valence electrons. The molecule has 0 aliphatic rings. The average Bonchev–Trinajstić information content (AvgIpc) is 2.70. The second-order valence-corrected chi connectivity index (χ2v) is 6.44. The van der Waals surface area contributed by atoms with E-state index in [4.69, 9.17) is 4.74 Å². The molecule has 0 spiro atoms. The van der Waals surface area contributed by atoms with Crippen molar-refractivity contribution in [3.8, 4) is 11.6 Å². The van der Waals surface area contributed by atoms with Gasteiger partial charge in [-0.05, 0) is 23.6 Å². The number of benzene rings is 2. The summed E-state index contributed by atoms with van der Waals surface area (Å²) in [7, 11) is 0. The first-order valence-electron chi connectivity index (χ1n) is 9.07. The van der Waals surface area contributed by atoms with Crippen molar-refractivity contribution in [3.05, 3.63) is 78.8 Å². The first-order valence-corrected chi connectivity index (χ1v) is 9.07. The molecule has 0 saturated carbocycles. The second kappa shape index (κ2) is 8.94. The number of hydrogen-bond acceptors (Lipinski definition) is 4. The van der Waals surface area contributed by atoms with Crippen molar-refractivity contribution in [2.75, 3.05) is 5.32 Å². The van der Waals surface area contributed by atoms with Crippen molar-refractivity contribution < 1.29 is 9.53 Å². The zero-order valence-electron chi connectivity index (χ0n) is 15.5. The molecule has 1 aromatic heterocycles. The molecule has 1 heterocycles. The van der Waals surface area contributed by atoms with Gasteiger partial charge in [-0.25, -0.2) is 4.98 Å². The van der Waals surface area contributed by atoms with Crippen LogP contribution in [-0.4, -0.2) is 15.9 Å². The lowest BCUT2D eigenvalue weighted by Crippen LogP contribution is -2.26. The molecule has 3 rings (SSSR count). The van der Waals surface area contributed by atoms with E-state index in [1.165, 1.54) is 0 Å². The molecule has 0 bridgehead atoms. The van der Waals surface area contributed by atoms with Crippen molar-refractivity contribution in [2.24, 2.45) is 5.92 Å². The summed E-state index contributed by atoms with van der Waals surface area (Å²) in [4.78, 5) is 21.1. The Bertz CT molecular complexity index is 869. The number of nitrogens with one attached hydrogen (secondary N) is 1. The molecule has 2 aromatic carbocycles. The first kappa shape index (κ1) is 18.6. The van der Waals surface area contributed by atoms with Crippen LogP contribution in [0.1, 0.15) is 31.7 Å². The minimum absolute atomic E-state index is 0.0211. The van der Waals surface area contributed by atoms with E-state index >= 15 is 0 Å². The summed E-state index contributed by atoms with van der Waals surface area (Å²) in [5.41, 5.74) is 1.71. The number of carbonyl (C=O) groups excluding carboxylic acids is 1. The third kappa shape index (κ3) is 4.91. The molecular weight excluding hydrogens is 338 g/mol. The van der Waals surface area contributed by atoms with Gasteiger partial charge in [0.25, 0.3) is 0 Å². The van der Waals surface area contributed by atoms with E-state index in [-0.39, 0.29) is 17.7 Å². The molecular formula is C22H23N3O2. The summed E-state index contributed by atoms with van der Waals surface area (Å²) in [5, 5.41) is 3.03. The Morgan fingerprint density at radius 1 is 1.11 bits per heavy atom. The predicted octanol–water partition coefficient (Wildman–Crippen LogP) is 5.04. The maximum atomic E-state index is 13.0. The van der Waals surface area contributed by atoms with Gasteiger partial charge in [0, 0.05) is 24.1 Å². The number of aromatic nitrogens is 2. The van der Waals surface area contributed by atoms with Crippen molar-refractivity contribution in [1.29, 1.82) is 0 Å². The summed E-state index contributed by atoms with van der Waals surface area (Å²) in [6, 6.07) is 17.2. The van der Waals surface area contributed by atoms with Gasteiger partial charge in [-0.15, -0.1) is 0 Å². The number of amides is 1. The van der Waals surface area contributed by atoms with Crippen molar-refractivity contribution in [1.82, 2.24) is 9.97 Å². The molecule has 2 unspecified atom stereocenters. The fraction of sp³-hybridized carbons (Fsp3) is 0.227. The molecule has 5 heteroatoms. The summed E-state index contributed by atoms with van der Waals surface area (Å²) in [6.45, 7) is 4.20. The summed E-state index contributed by atoms with van der Waals surface area (Å²) in [5.74, 6) is 0.996. The van der Waals surface area contributed by atoms with Gasteiger partial charge in [-0.1, -0.05) is 56.7 Å². The highest BCUT2D eigenvalue weighted by Crippen LogP contribution is 2.29. The van der Waals surface area contributed by atoms with E-state index < -0.39 is 0 Å². The smallest absolute Gasteiger partial charge is 0.237 e. The van der Waals surface area contributed by atoms with Crippen LogP contribution in [0.4, 0.5) is 5.69 Å². The SMILES string of the molecule is CCC(C)C(C(=O)Nc1cccc(Oc2cnccn2)c1)c1ccccc1. The molecule has 3 aromatic rings. The van der Waals surface area contributed by atoms with Crippen LogP contribution >= 0.6 is 0 Å². The lowest BCUT2D eigenvalue weighted by Gasteiger charge is -2.23. The minimum Gasteiger partial charge on any atom is -0.437 e. The Hall–Kier alpha value is -3.21. The van der Waals surface area contributed by atoms with Gasteiger partial charge in [0.1, 0.15) is 5.75 Å². The van der Waals surface area contributed by atoms with E-state index in [0.717, 1.165) is 12.0 Å². The van der Waals surface area contributed by atoms with E-state index in [2.05, 4.69) is 29.1 Å². The highest BCUT2D eigenvalue weighted by atomic mass is 16.5. The Kier molecular flexibility index (Phi) is 6.15. The summed E-state index contributed by atoms with van der Waals surface area (Å²) >= 11 is 0. The van der Waals surface area contributed by atoms with Gasteiger partial charge >= 0.3 is 0 Å². The highest BCUT2D eigenvalue weighted by Gasteiger charge is 2.25. The van der Waals surface area contributed by atoms with Crippen LogP contribution in [0.15, 0.2) is 73.2 Å². The second-order valence-electron chi connectivity index (χ2n) is 6.44. The van der Waals surface area contributed by atoms with Crippen molar-refractivity contribution >= 4 is 11.6 Å². The molecule has 1 N–H and O–H groups in total. The van der Waals surface area contributed by atoms with Crippen molar-refractivity contribution in [2.45, 2.75) is 26.2 Å². The van der Waals surface area contributed by atoms with E-state index in [0.29, 0.717) is 17.3 Å². The number of carbonyl (C=O) groups is 1. The fourth-order valence-electron chi connectivity index (χ4n) is 2.95. The van der Waals surface area contributed by atoms with Crippen LogP contribution < -0.4 is 10.1 Å². The Balaban J connectivity index is 1.77. The fourth-order valence-corrected chi connectivity index (χ4v) is 2.95. The van der Waals surface area contributed by atoms with E-state index in [9.17, 15) is 4.79 Å². The first-order chi connectivity index (χ1) is 13.2. The van der Waals surface area contributed by atoms with E-state index in [1.54, 1.807) is 24.7 Å². The standard InChI is InChI=1S/C22H23N3O2/c1-3-16(2)21(17-8-5-4-6-9-17)22(26)25-18-10-7-11-19(14-18)27-20-15-23-12-13-24-20/h4-16,21H,3H2,1-2H3,(H,25,26). The Labute approximate surface area is 159 Å². The van der Waals surface area contributed by atoms with Crippen LogP contribution in [0, 0.1) is 5.92 Å². The molecule has 0 aliphatic heterocycles. The van der Waals surface area contributed by atoms with Crippen LogP contribution in [-0.2, 0) is 4.79 Å². The zero-order chi connectivity index (χ0) is 19.1. The monoisotopic (exact) mass is 361 g/mol.